The third-order valence-electron chi connectivity index (χ3n) is 3.27. The summed E-state index contributed by atoms with van der Waals surface area (Å²) in [5.74, 6) is -0.475. The monoisotopic (exact) mass is 304 g/mol. The summed E-state index contributed by atoms with van der Waals surface area (Å²) in [5.41, 5.74) is 2.14. The molecule has 0 heterocycles. The van der Waals surface area contributed by atoms with Crippen molar-refractivity contribution in [1.82, 2.24) is 0 Å². The standard InChI is InChI=1S/C17H17ClO3/c1-2-12-5-3-4-6-13(12)11-16(17(19)20)21-15-9-7-14(18)8-10-15/h3-10,16H,2,11H2,1H3,(H,19,20)/t16-/m1/s1. The molecule has 0 aliphatic carbocycles. The van der Waals surface area contributed by atoms with Gasteiger partial charge >= 0.3 is 5.97 Å². The van der Waals surface area contributed by atoms with Gasteiger partial charge in [-0.15, -0.1) is 0 Å². The number of carboxylic acid groups (broad SMARTS) is 1. The Bertz CT molecular complexity index is 608. The summed E-state index contributed by atoms with van der Waals surface area (Å²) in [6, 6.07) is 14.5. The maximum Gasteiger partial charge on any atom is 0.345 e. The molecule has 0 spiro atoms. The van der Waals surface area contributed by atoms with Gasteiger partial charge in [0.25, 0.3) is 0 Å². The van der Waals surface area contributed by atoms with Crippen LogP contribution in [-0.4, -0.2) is 17.2 Å². The van der Waals surface area contributed by atoms with Crippen LogP contribution in [0.25, 0.3) is 0 Å². The largest absolute Gasteiger partial charge is 0.478 e. The van der Waals surface area contributed by atoms with Gasteiger partial charge in [0.05, 0.1) is 0 Å². The summed E-state index contributed by atoms with van der Waals surface area (Å²) in [4.78, 5) is 11.4. The molecule has 21 heavy (non-hydrogen) atoms. The smallest absolute Gasteiger partial charge is 0.345 e. The topological polar surface area (TPSA) is 46.5 Å². The second kappa shape index (κ2) is 7.14. The number of benzene rings is 2. The lowest BCUT2D eigenvalue weighted by atomic mass is 10.00. The van der Waals surface area contributed by atoms with Crippen molar-refractivity contribution in [2.24, 2.45) is 0 Å². The summed E-state index contributed by atoms with van der Waals surface area (Å²) < 4.78 is 5.58. The van der Waals surface area contributed by atoms with Crippen molar-refractivity contribution < 1.29 is 14.6 Å². The summed E-state index contributed by atoms with van der Waals surface area (Å²) in [6.45, 7) is 2.05. The number of ether oxygens (including phenoxy) is 1. The number of rotatable bonds is 6. The van der Waals surface area contributed by atoms with E-state index in [9.17, 15) is 9.90 Å². The zero-order valence-corrected chi connectivity index (χ0v) is 12.5. The van der Waals surface area contributed by atoms with Gasteiger partial charge in [0.1, 0.15) is 5.75 Å². The molecule has 3 nitrogen and oxygen atoms in total. The molecular weight excluding hydrogens is 288 g/mol. The molecule has 110 valence electrons. The number of aryl methyl sites for hydroxylation is 1. The summed E-state index contributed by atoms with van der Waals surface area (Å²) in [5, 5.41) is 9.95. The van der Waals surface area contributed by atoms with Crippen molar-refractivity contribution in [3.8, 4) is 5.75 Å². The normalized spacial score (nSPS) is 11.9. The molecular formula is C17H17ClO3. The third kappa shape index (κ3) is 4.23. The Hall–Kier alpha value is -2.00. The molecule has 2 rings (SSSR count). The molecule has 1 N–H and O–H groups in total. The summed E-state index contributed by atoms with van der Waals surface area (Å²) in [7, 11) is 0. The number of hydrogen-bond acceptors (Lipinski definition) is 2. The molecule has 0 radical (unpaired) electrons. The van der Waals surface area contributed by atoms with Crippen LogP contribution in [0, 0.1) is 0 Å². The Kier molecular flexibility index (Phi) is 5.23. The molecule has 1 atom stereocenters. The van der Waals surface area contributed by atoms with Crippen LogP contribution in [0.1, 0.15) is 18.1 Å². The Morgan fingerprint density at radius 1 is 1.14 bits per heavy atom. The maximum absolute atomic E-state index is 11.4. The molecule has 0 aliphatic heterocycles. The van der Waals surface area contributed by atoms with Crippen LogP contribution < -0.4 is 4.74 Å². The first-order valence-corrected chi connectivity index (χ1v) is 7.19. The fourth-order valence-corrected chi connectivity index (χ4v) is 2.28. The average Bonchev–Trinajstić information content (AvgIpc) is 2.49. The minimum atomic E-state index is -0.976. The van der Waals surface area contributed by atoms with E-state index >= 15 is 0 Å². The highest BCUT2D eigenvalue weighted by Crippen LogP contribution is 2.19. The van der Waals surface area contributed by atoms with Crippen molar-refractivity contribution in [2.75, 3.05) is 0 Å². The Balaban J connectivity index is 2.16. The predicted molar refractivity (Wildman–Crippen MR) is 83.0 cm³/mol. The molecule has 0 aliphatic rings. The fourth-order valence-electron chi connectivity index (χ4n) is 2.16. The van der Waals surface area contributed by atoms with Gasteiger partial charge in [-0.1, -0.05) is 42.8 Å². The first-order chi connectivity index (χ1) is 10.1. The molecule has 0 saturated heterocycles. The van der Waals surface area contributed by atoms with Crippen molar-refractivity contribution in [2.45, 2.75) is 25.9 Å². The fraction of sp³-hybridized carbons (Fsp3) is 0.235. The molecule has 2 aromatic rings. The molecule has 0 fully saturated rings. The zero-order chi connectivity index (χ0) is 15.2. The molecule has 0 amide bonds. The second-order valence-electron chi connectivity index (χ2n) is 4.73. The van der Waals surface area contributed by atoms with E-state index in [1.807, 2.05) is 24.3 Å². The van der Waals surface area contributed by atoms with Gasteiger partial charge in [-0.05, 0) is 41.8 Å². The first-order valence-electron chi connectivity index (χ1n) is 6.82. The minimum absolute atomic E-state index is 0.335. The SMILES string of the molecule is CCc1ccccc1C[C@@H](Oc1ccc(Cl)cc1)C(=O)O. The van der Waals surface area contributed by atoms with Crippen LogP contribution in [0.5, 0.6) is 5.75 Å². The third-order valence-corrected chi connectivity index (χ3v) is 3.52. The lowest BCUT2D eigenvalue weighted by Crippen LogP contribution is -2.29. The number of aliphatic carboxylic acids is 1. The van der Waals surface area contributed by atoms with Gasteiger partial charge in [-0.25, -0.2) is 4.79 Å². The molecule has 0 aromatic heterocycles. The number of hydrogen-bond donors (Lipinski definition) is 1. The van der Waals surface area contributed by atoms with Gasteiger partial charge in [-0.2, -0.15) is 0 Å². The molecule has 2 aromatic carbocycles. The molecule has 0 unspecified atom stereocenters. The quantitative estimate of drug-likeness (QED) is 0.878. The maximum atomic E-state index is 11.4. The van der Waals surface area contributed by atoms with Crippen LogP contribution >= 0.6 is 11.6 Å². The molecule has 0 saturated carbocycles. The van der Waals surface area contributed by atoms with Gasteiger partial charge in [-0.3, -0.25) is 0 Å². The van der Waals surface area contributed by atoms with E-state index in [1.54, 1.807) is 24.3 Å². The highest BCUT2D eigenvalue weighted by atomic mass is 35.5. The van der Waals surface area contributed by atoms with Gasteiger partial charge in [0.15, 0.2) is 6.10 Å². The van der Waals surface area contributed by atoms with Crippen LogP contribution in [0.2, 0.25) is 5.02 Å². The Labute approximate surface area is 129 Å². The van der Waals surface area contributed by atoms with E-state index in [0.717, 1.165) is 17.5 Å². The van der Waals surface area contributed by atoms with Crippen molar-refractivity contribution in [1.29, 1.82) is 0 Å². The van der Waals surface area contributed by atoms with E-state index in [-0.39, 0.29) is 0 Å². The lowest BCUT2D eigenvalue weighted by Gasteiger charge is -2.17. The lowest BCUT2D eigenvalue weighted by molar-refractivity contribution is -0.145. The van der Waals surface area contributed by atoms with Gasteiger partial charge in [0.2, 0.25) is 0 Å². The number of carboxylic acids is 1. The average molecular weight is 305 g/mol. The zero-order valence-electron chi connectivity index (χ0n) is 11.8. The van der Waals surface area contributed by atoms with E-state index in [1.165, 1.54) is 0 Å². The van der Waals surface area contributed by atoms with E-state index in [0.29, 0.717) is 17.2 Å². The summed E-state index contributed by atoms with van der Waals surface area (Å²) in [6.07, 6.45) is 0.282. The van der Waals surface area contributed by atoms with Crippen LogP contribution in [-0.2, 0) is 17.6 Å². The van der Waals surface area contributed by atoms with Crippen LogP contribution in [0.4, 0.5) is 0 Å². The Morgan fingerprint density at radius 3 is 2.33 bits per heavy atom. The van der Waals surface area contributed by atoms with E-state index in [2.05, 4.69) is 6.92 Å². The highest BCUT2D eigenvalue weighted by molar-refractivity contribution is 6.30. The highest BCUT2D eigenvalue weighted by Gasteiger charge is 2.21. The van der Waals surface area contributed by atoms with Crippen molar-refractivity contribution >= 4 is 17.6 Å². The van der Waals surface area contributed by atoms with Gasteiger partial charge in [0, 0.05) is 11.4 Å². The number of carbonyl (C=O) groups is 1. The number of halogens is 1. The van der Waals surface area contributed by atoms with Crippen molar-refractivity contribution in [3.05, 3.63) is 64.7 Å². The molecule has 0 bridgehead atoms. The van der Waals surface area contributed by atoms with Crippen molar-refractivity contribution in [3.63, 3.8) is 0 Å². The predicted octanol–water partition coefficient (Wildman–Crippen LogP) is 3.98. The van der Waals surface area contributed by atoms with Crippen LogP contribution in [0.3, 0.4) is 0 Å². The van der Waals surface area contributed by atoms with Gasteiger partial charge < -0.3 is 9.84 Å². The van der Waals surface area contributed by atoms with E-state index < -0.39 is 12.1 Å². The van der Waals surface area contributed by atoms with Crippen LogP contribution in [0.15, 0.2) is 48.5 Å². The summed E-state index contributed by atoms with van der Waals surface area (Å²) >= 11 is 5.81. The van der Waals surface area contributed by atoms with E-state index in [4.69, 9.17) is 16.3 Å². The first kappa shape index (κ1) is 15.4. The minimum Gasteiger partial charge on any atom is -0.478 e. The Morgan fingerprint density at radius 2 is 1.76 bits per heavy atom. The molecule has 4 heteroatoms. The second-order valence-corrected chi connectivity index (χ2v) is 5.16.